The predicted octanol–water partition coefficient (Wildman–Crippen LogP) is 4.73. The van der Waals surface area contributed by atoms with Gasteiger partial charge in [-0.15, -0.1) is 0 Å². The third-order valence-corrected chi connectivity index (χ3v) is 2.41. The molecule has 0 N–H and O–H groups in total. The number of unbranched alkanes of at least 4 members (excludes halogenated alkanes) is 2. The highest BCUT2D eigenvalue weighted by Crippen LogP contribution is 2.11. The first-order chi connectivity index (χ1) is 6.20. The van der Waals surface area contributed by atoms with Crippen LogP contribution in [0.3, 0.4) is 0 Å². The molecule has 0 aliphatic rings. The lowest BCUT2D eigenvalue weighted by atomic mass is 10.0. The zero-order valence-corrected chi connectivity index (χ0v) is 9.64. The number of hydrogen-bond acceptors (Lipinski definition) is 0. The van der Waals surface area contributed by atoms with Gasteiger partial charge in [0.2, 0.25) is 0 Å². The van der Waals surface area contributed by atoms with Crippen LogP contribution in [0, 0.1) is 5.92 Å². The fourth-order valence-corrected chi connectivity index (χ4v) is 1.22. The predicted molar refractivity (Wildman–Crippen MR) is 61.9 cm³/mol. The third-order valence-electron chi connectivity index (χ3n) is 2.41. The lowest BCUT2D eigenvalue weighted by Crippen LogP contribution is -1.89. The smallest absolute Gasteiger partial charge is 0.0259 e. The van der Waals surface area contributed by atoms with Crippen molar-refractivity contribution in [1.82, 2.24) is 0 Å². The highest BCUT2D eigenvalue weighted by atomic mass is 14.0. The summed E-state index contributed by atoms with van der Waals surface area (Å²) in [5, 5.41) is 0. The molecule has 0 rings (SSSR count). The largest absolute Gasteiger partial charge is 0.0847 e. The molecule has 1 unspecified atom stereocenters. The Hall–Kier alpha value is -0.520. The maximum Gasteiger partial charge on any atom is -0.0259 e. The molecule has 0 nitrogen and oxygen atoms in total. The van der Waals surface area contributed by atoms with Crippen molar-refractivity contribution in [3.63, 3.8) is 0 Å². The zero-order chi connectivity index (χ0) is 10.1. The Labute approximate surface area is 83.7 Å². The Bertz CT molecular complexity index is 163. The van der Waals surface area contributed by atoms with Crippen molar-refractivity contribution in [2.75, 3.05) is 0 Å². The maximum absolute atomic E-state index is 2.32. The van der Waals surface area contributed by atoms with Gasteiger partial charge in [0.25, 0.3) is 0 Å². The van der Waals surface area contributed by atoms with Gasteiger partial charge in [0.15, 0.2) is 0 Å². The molecule has 0 saturated carbocycles. The van der Waals surface area contributed by atoms with Gasteiger partial charge in [-0.05, 0) is 26.2 Å². The molecule has 76 valence electrons. The third kappa shape index (κ3) is 7.83. The molecule has 0 radical (unpaired) electrons. The fraction of sp³-hybridized carbons (Fsp3) is 0.692. The first-order valence-electron chi connectivity index (χ1n) is 5.51. The van der Waals surface area contributed by atoms with Crippen molar-refractivity contribution in [1.29, 1.82) is 0 Å². The van der Waals surface area contributed by atoms with E-state index in [0.717, 1.165) is 5.92 Å². The second-order valence-electron chi connectivity index (χ2n) is 3.86. The van der Waals surface area contributed by atoms with E-state index >= 15 is 0 Å². The minimum atomic E-state index is 0.737. The van der Waals surface area contributed by atoms with Crippen LogP contribution in [0.2, 0.25) is 0 Å². The minimum absolute atomic E-state index is 0.737. The summed E-state index contributed by atoms with van der Waals surface area (Å²) in [6.45, 7) is 8.79. The van der Waals surface area contributed by atoms with Gasteiger partial charge in [-0.1, -0.05) is 56.9 Å². The van der Waals surface area contributed by atoms with E-state index in [9.17, 15) is 0 Å². The lowest BCUT2D eigenvalue weighted by molar-refractivity contribution is 0.576. The maximum atomic E-state index is 2.32. The van der Waals surface area contributed by atoms with E-state index in [1.54, 1.807) is 0 Å². The van der Waals surface area contributed by atoms with Crippen LogP contribution in [-0.4, -0.2) is 0 Å². The average molecular weight is 180 g/mol. The second kappa shape index (κ2) is 8.10. The summed E-state index contributed by atoms with van der Waals surface area (Å²) >= 11 is 0. The van der Waals surface area contributed by atoms with Gasteiger partial charge in [-0.2, -0.15) is 0 Å². The van der Waals surface area contributed by atoms with Crippen LogP contribution in [0.15, 0.2) is 23.8 Å². The molecule has 0 aliphatic heterocycles. The summed E-state index contributed by atoms with van der Waals surface area (Å²) in [7, 11) is 0. The second-order valence-corrected chi connectivity index (χ2v) is 3.86. The fourth-order valence-electron chi connectivity index (χ4n) is 1.22. The molecule has 0 aromatic rings. The molecule has 0 heteroatoms. The molecule has 0 aromatic carbocycles. The standard InChI is InChI=1S/C13H24/c1-5-7-8-9-13(4)11-10-12(3)6-2/h6,10-11,13H,5,7-9H2,1-4H3/b11-10+,12-6+. The first kappa shape index (κ1) is 12.5. The summed E-state index contributed by atoms with van der Waals surface area (Å²) in [5.41, 5.74) is 1.36. The van der Waals surface area contributed by atoms with Crippen LogP contribution in [0.25, 0.3) is 0 Å². The topological polar surface area (TPSA) is 0 Å². The SMILES string of the molecule is C/C=C(C)/C=C/C(C)CCCCC. The van der Waals surface area contributed by atoms with Crippen molar-refractivity contribution in [2.24, 2.45) is 5.92 Å². The minimum Gasteiger partial charge on any atom is -0.0847 e. The van der Waals surface area contributed by atoms with Crippen molar-refractivity contribution in [3.05, 3.63) is 23.8 Å². The highest BCUT2D eigenvalue weighted by Gasteiger charge is 1.95. The highest BCUT2D eigenvalue weighted by molar-refractivity contribution is 5.15. The molecular formula is C13H24. The molecule has 0 saturated heterocycles. The number of hydrogen-bond donors (Lipinski definition) is 0. The summed E-state index contributed by atoms with van der Waals surface area (Å²) < 4.78 is 0. The molecule has 0 bridgehead atoms. The Morgan fingerprint density at radius 2 is 2.00 bits per heavy atom. The summed E-state index contributed by atoms with van der Waals surface area (Å²) in [6.07, 6.45) is 12.1. The summed E-state index contributed by atoms with van der Waals surface area (Å²) in [4.78, 5) is 0. The van der Waals surface area contributed by atoms with Crippen molar-refractivity contribution in [3.8, 4) is 0 Å². The molecule has 0 spiro atoms. The van der Waals surface area contributed by atoms with E-state index in [1.165, 1.54) is 31.3 Å². The van der Waals surface area contributed by atoms with Crippen molar-refractivity contribution >= 4 is 0 Å². The van der Waals surface area contributed by atoms with E-state index in [0.29, 0.717) is 0 Å². The van der Waals surface area contributed by atoms with E-state index < -0.39 is 0 Å². The Morgan fingerprint density at radius 1 is 1.31 bits per heavy atom. The van der Waals surface area contributed by atoms with Gasteiger partial charge >= 0.3 is 0 Å². The van der Waals surface area contributed by atoms with Crippen LogP contribution in [-0.2, 0) is 0 Å². The number of allylic oxidation sites excluding steroid dienone is 4. The van der Waals surface area contributed by atoms with Gasteiger partial charge in [-0.25, -0.2) is 0 Å². The molecular weight excluding hydrogens is 156 g/mol. The van der Waals surface area contributed by atoms with Crippen molar-refractivity contribution < 1.29 is 0 Å². The molecule has 0 aromatic heterocycles. The zero-order valence-electron chi connectivity index (χ0n) is 9.64. The van der Waals surface area contributed by atoms with E-state index in [2.05, 4.69) is 45.9 Å². The van der Waals surface area contributed by atoms with Gasteiger partial charge in [-0.3, -0.25) is 0 Å². The Morgan fingerprint density at radius 3 is 2.54 bits per heavy atom. The van der Waals surface area contributed by atoms with E-state index in [-0.39, 0.29) is 0 Å². The molecule has 0 fully saturated rings. The summed E-state index contributed by atoms with van der Waals surface area (Å²) in [6, 6.07) is 0. The van der Waals surface area contributed by atoms with Crippen molar-refractivity contribution in [2.45, 2.75) is 53.4 Å². The van der Waals surface area contributed by atoms with Gasteiger partial charge in [0, 0.05) is 0 Å². The molecule has 13 heavy (non-hydrogen) atoms. The average Bonchev–Trinajstić information content (AvgIpc) is 2.14. The van der Waals surface area contributed by atoms with Gasteiger partial charge in [0.05, 0.1) is 0 Å². The van der Waals surface area contributed by atoms with Gasteiger partial charge in [0.1, 0.15) is 0 Å². The first-order valence-corrected chi connectivity index (χ1v) is 5.51. The van der Waals surface area contributed by atoms with Crippen LogP contribution in [0.5, 0.6) is 0 Å². The summed E-state index contributed by atoms with van der Waals surface area (Å²) in [5.74, 6) is 0.737. The molecule has 0 amide bonds. The normalized spacial score (nSPS) is 15.2. The molecule has 0 aliphatic carbocycles. The monoisotopic (exact) mass is 180 g/mol. The Kier molecular flexibility index (Phi) is 7.77. The van der Waals surface area contributed by atoms with Crippen LogP contribution in [0.4, 0.5) is 0 Å². The van der Waals surface area contributed by atoms with E-state index in [4.69, 9.17) is 0 Å². The van der Waals surface area contributed by atoms with Gasteiger partial charge < -0.3 is 0 Å². The van der Waals surface area contributed by atoms with Crippen LogP contribution in [0.1, 0.15) is 53.4 Å². The Balaban J connectivity index is 3.61. The quantitative estimate of drug-likeness (QED) is 0.409. The molecule has 1 atom stereocenters. The number of rotatable bonds is 6. The van der Waals surface area contributed by atoms with E-state index in [1.807, 2.05) is 0 Å². The lowest BCUT2D eigenvalue weighted by Gasteiger charge is -2.04. The molecule has 0 heterocycles. The van der Waals surface area contributed by atoms with Crippen LogP contribution < -0.4 is 0 Å². The van der Waals surface area contributed by atoms with Crippen LogP contribution >= 0.6 is 0 Å².